The van der Waals surface area contributed by atoms with Crippen molar-refractivity contribution in [2.45, 2.75) is 51.1 Å². The predicted octanol–water partition coefficient (Wildman–Crippen LogP) is 1.13. The zero-order valence-corrected chi connectivity index (χ0v) is 13.8. The van der Waals surface area contributed by atoms with Crippen molar-refractivity contribution in [1.82, 2.24) is 20.4 Å². The average Bonchev–Trinajstić information content (AvgIpc) is 2.57. The Bertz CT molecular complexity index is 303. The summed E-state index contributed by atoms with van der Waals surface area (Å²) in [7, 11) is 0. The quantitative estimate of drug-likeness (QED) is 0.814. The fraction of sp³-hybridized carbons (Fsp3) is 1.00. The molecule has 0 saturated carbocycles. The van der Waals surface area contributed by atoms with E-state index in [-0.39, 0.29) is 0 Å². The number of piperidine rings is 2. The van der Waals surface area contributed by atoms with Crippen LogP contribution >= 0.6 is 0 Å². The van der Waals surface area contributed by atoms with E-state index >= 15 is 0 Å². The predicted molar refractivity (Wildman–Crippen MR) is 88.7 cm³/mol. The largest absolute Gasteiger partial charge is 0.315 e. The van der Waals surface area contributed by atoms with Gasteiger partial charge in [-0.2, -0.15) is 0 Å². The summed E-state index contributed by atoms with van der Waals surface area (Å²) in [6, 6.07) is 1.62. The molecule has 0 bridgehead atoms. The van der Waals surface area contributed by atoms with Crippen LogP contribution < -0.4 is 10.6 Å². The first-order valence-electron chi connectivity index (χ1n) is 9.28. The molecule has 3 atom stereocenters. The first kappa shape index (κ1) is 15.7. The second-order valence-corrected chi connectivity index (χ2v) is 7.16. The highest BCUT2D eigenvalue weighted by Crippen LogP contribution is 2.25. The van der Waals surface area contributed by atoms with Crippen LogP contribution in [0.1, 0.15) is 39.0 Å². The summed E-state index contributed by atoms with van der Waals surface area (Å²) in [4.78, 5) is 5.58. The summed E-state index contributed by atoms with van der Waals surface area (Å²) in [6.07, 6.45) is 6.99. The maximum absolute atomic E-state index is 3.64. The average molecular weight is 294 g/mol. The van der Waals surface area contributed by atoms with Gasteiger partial charge in [-0.3, -0.25) is 4.90 Å². The zero-order valence-electron chi connectivity index (χ0n) is 13.8. The van der Waals surface area contributed by atoms with Crippen LogP contribution in [0.3, 0.4) is 0 Å². The second kappa shape index (κ2) is 7.91. The maximum Gasteiger partial charge on any atom is 0.0262 e. The summed E-state index contributed by atoms with van der Waals surface area (Å²) in [5.41, 5.74) is 0. The highest BCUT2D eigenvalue weighted by molar-refractivity contribution is 4.90. The molecule has 3 aliphatic rings. The molecule has 0 spiro atoms. The zero-order chi connectivity index (χ0) is 14.5. The molecule has 0 amide bonds. The van der Waals surface area contributed by atoms with Crippen molar-refractivity contribution in [3.63, 3.8) is 0 Å². The fourth-order valence-electron chi connectivity index (χ4n) is 4.61. The Hall–Kier alpha value is -0.160. The standard InChI is InChI=1S/C17H34N4/c1-2-16-5-3-4-10-21(16)14-15-6-7-19-13-17(15)20-11-8-18-9-12-20/h15-19H,2-14H2,1H3. The fourth-order valence-corrected chi connectivity index (χ4v) is 4.61. The first-order valence-corrected chi connectivity index (χ1v) is 9.28. The molecular formula is C17H34N4. The molecule has 0 aromatic carbocycles. The van der Waals surface area contributed by atoms with E-state index in [0.717, 1.165) is 18.0 Å². The van der Waals surface area contributed by atoms with Crippen molar-refractivity contribution in [3.8, 4) is 0 Å². The monoisotopic (exact) mass is 294 g/mol. The number of likely N-dealkylation sites (tertiary alicyclic amines) is 1. The molecule has 3 fully saturated rings. The van der Waals surface area contributed by atoms with Gasteiger partial charge in [0.2, 0.25) is 0 Å². The number of rotatable bonds is 4. The van der Waals surface area contributed by atoms with E-state index in [1.54, 1.807) is 0 Å². The van der Waals surface area contributed by atoms with Crippen molar-refractivity contribution in [1.29, 1.82) is 0 Å². The van der Waals surface area contributed by atoms with Gasteiger partial charge in [-0.05, 0) is 44.7 Å². The molecule has 0 aromatic rings. The molecule has 0 radical (unpaired) electrons. The molecule has 3 heterocycles. The first-order chi connectivity index (χ1) is 10.4. The van der Waals surface area contributed by atoms with E-state index in [9.17, 15) is 0 Å². The smallest absolute Gasteiger partial charge is 0.0262 e. The summed E-state index contributed by atoms with van der Waals surface area (Å²) in [5, 5.41) is 7.14. The lowest BCUT2D eigenvalue weighted by Gasteiger charge is -2.45. The minimum atomic E-state index is 0.764. The molecule has 21 heavy (non-hydrogen) atoms. The minimum Gasteiger partial charge on any atom is -0.315 e. The minimum absolute atomic E-state index is 0.764. The normalized spacial score (nSPS) is 36.7. The third-order valence-electron chi connectivity index (χ3n) is 5.90. The Balaban J connectivity index is 1.60. The van der Waals surface area contributed by atoms with E-state index < -0.39 is 0 Å². The summed E-state index contributed by atoms with van der Waals surface area (Å²) < 4.78 is 0. The molecule has 4 nitrogen and oxygen atoms in total. The van der Waals surface area contributed by atoms with Crippen molar-refractivity contribution >= 4 is 0 Å². The molecule has 122 valence electrons. The van der Waals surface area contributed by atoms with Crippen LogP contribution in [0, 0.1) is 5.92 Å². The van der Waals surface area contributed by atoms with Gasteiger partial charge >= 0.3 is 0 Å². The topological polar surface area (TPSA) is 30.5 Å². The number of piperazine rings is 1. The van der Waals surface area contributed by atoms with Gasteiger partial charge in [0.25, 0.3) is 0 Å². The number of hydrogen-bond acceptors (Lipinski definition) is 4. The van der Waals surface area contributed by atoms with E-state index in [1.807, 2.05) is 0 Å². The highest BCUT2D eigenvalue weighted by atomic mass is 15.2. The van der Waals surface area contributed by atoms with Crippen molar-refractivity contribution in [2.75, 3.05) is 52.4 Å². The van der Waals surface area contributed by atoms with E-state index in [4.69, 9.17) is 0 Å². The van der Waals surface area contributed by atoms with Crippen LogP contribution in [-0.4, -0.2) is 74.2 Å². The van der Waals surface area contributed by atoms with Gasteiger partial charge in [-0.25, -0.2) is 0 Å². The Morgan fingerprint density at radius 3 is 2.62 bits per heavy atom. The summed E-state index contributed by atoms with van der Waals surface area (Å²) >= 11 is 0. The number of nitrogens with one attached hydrogen (secondary N) is 2. The molecule has 3 saturated heterocycles. The molecule has 3 rings (SSSR count). The Morgan fingerprint density at radius 1 is 0.952 bits per heavy atom. The van der Waals surface area contributed by atoms with Crippen LogP contribution in [0.5, 0.6) is 0 Å². The third-order valence-corrected chi connectivity index (χ3v) is 5.90. The Kier molecular flexibility index (Phi) is 5.92. The van der Waals surface area contributed by atoms with Crippen molar-refractivity contribution in [3.05, 3.63) is 0 Å². The van der Waals surface area contributed by atoms with E-state index in [2.05, 4.69) is 27.4 Å². The van der Waals surface area contributed by atoms with E-state index in [1.165, 1.54) is 84.5 Å². The van der Waals surface area contributed by atoms with Crippen LogP contribution in [0.15, 0.2) is 0 Å². The molecular weight excluding hydrogens is 260 g/mol. The van der Waals surface area contributed by atoms with Gasteiger partial charge in [0.05, 0.1) is 0 Å². The summed E-state index contributed by atoms with van der Waals surface area (Å²) in [6.45, 7) is 12.3. The number of hydrogen-bond donors (Lipinski definition) is 2. The lowest BCUT2D eigenvalue weighted by molar-refractivity contribution is 0.0516. The SMILES string of the molecule is CCC1CCCCN1CC1CCNCC1N1CCNCC1. The molecule has 4 heteroatoms. The number of nitrogens with zero attached hydrogens (tertiary/aromatic N) is 2. The third kappa shape index (κ3) is 3.98. The molecule has 3 aliphatic heterocycles. The van der Waals surface area contributed by atoms with Crippen LogP contribution in [0.25, 0.3) is 0 Å². The maximum atomic E-state index is 3.64. The molecule has 3 unspecified atom stereocenters. The van der Waals surface area contributed by atoms with Gasteiger partial charge in [0.15, 0.2) is 0 Å². The van der Waals surface area contributed by atoms with E-state index in [0.29, 0.717) is 0 Å². The molecule has 2 N–H and O–H groups in total. The lowest BCUT2D eigenvalue weighted by atomic mass is 9.88. The molecule has 0 aromatic heterocycles. The van der Waals surface area contributed by atoms with Crippen LogP contribution in [-0.2, 0) is 0 Å². The van der Waals surface area contributed by atoms with Crippen LogP contribution in [0.2, 0.25) is 0 Å². The van der Waals surface area contributed by atoms with Gasteiger partial charge in [-0.15, -0.1) is 0 Å². The van der Waals surface area contributed by atoms with Gasteiger partial charge in [0, 0.05) is 51.4 Å². The highest BCUT2D eigenvalue weighted by Gasteiger charge is 2.33. The Morgan fingerprint density at radius 2 is 1.81 bits per heavy atom. The second-order valence-electron chi connectivity index (χ2n) is 7.16. The van der Waals surface area contributed by atoms with Gasteiger partial charge in [0.1, 0.15) is 0 Å². The summed E-state index contributed by atoms with van der Waals surface area (Å²) in [5.74, 6) is 0.872. The van der Waals surface area contributed by atoms with Crippen LogP contribution in [0.4, 0.5) is 0 Å². The molecule has 0 aliphatic carbocycles. The lowest BCUT2D eigenvalue weighted by Crippen LogP contribution is -2.59. The van der Waals surface area contributed by atoms with Crippen molar-refractivity contribution < 1.29 is 0 Å². The van der Waals surface area contributed by atoms with Gasteiger partial charge < -0.3 is 15.5 Å². The van der Waals surface area contributed by atoms with Crippen molar-refractivity contribution in [2.24, 2.45) is 5.92 Å². The Labute approximate surface area is 130 Å². The van der Waals surface area contributed by atoms with Gasteiger partial charge in [-0.1, -0.05) is 13.3 Å².